The predicted octanol–water partition coefficient (Wildman–Crippen LogP) is 1.60. The minimum Gasteiger partial charge on any atom is -0.383 e. The molecule has 0 aromatic carbocycles. The third kappa shape index (κ3) is 5.06. The summed E-state index contributed by atoms with van der Waals surface area (Å²) < 4.78 is 7.06. The molecule has 0 aliphatic heterocycles. The minimum atomic E-state index is 0.591. The third-order valence-electron chi connectivity index (χ3n) is 3.29. The minimum absolute atomic E-state index is 0.591. The first-order valence-electron chi connectivity index (χ1n) is 6.69. The predicted molar refractivity (Wildman–Crippen MR) is 74.5 cm³/mol. The average Bonchev–Trinajstić information content (AvgIpc) is 2.78. The molecule has 0 fully saturated rings. The Balaban J connectivity index is 2.32. The van der Waals surface area contributed by atoms with E-state index in [4.69, 9.17) is 10.5 Å². The first kappa shape index (κ1) is 15.0. The van der Waals surface area contributed by atoms with E-state index in [0.29, 0.717) is 11.9 Å². The van der Waals surface area contributed by atoms with Crippen molar-refractivity contribution < 1.29 is 4.74 Å². The Morgan fingerprint density at radius 1 is 1.50 bits per heavy atom. The number of nitrogens with zero attached hydrogens (tertiary/aromatic N) is 3. The zero-order valence-electron chi connectivity index (χ0n) is 11.8. The van der Waals surface area contributed by atoms with E-state index in [-0.39, 0.29) is 0 Å². The molecule has 0 aliphatic rings. The first-order valence-corrected chi connectivity index (χ1v) is 6.69. The van der Waals surface area contributed by atoms with Crippen LogP contribution in [0.4, 0.5) is 5.82 Å². The molecule has 1 aromatic rings. The van der Waals surface area contributed by atoms with Crippen LogP contribution < -0.4 is 5.73 Å². The normalized spacial score (nSPS) is 13.1. The second kappa shape index (κ2) is 8.11. The summed E-state index contributed by atoms with van der Waals surface area (Å²) in [6.45, 7) is 8.25. The Kier molecular flexibility index (Phi) is 6.75. The number of nitrogens with two attached hydrogens (primary N) is 1. The van der Waals surface area contributed by atoms with E-state index in [9.17, 15) is 0 Å². The number of ether oxygens (including phenoxy) is 1. The van der Waals surface area contributed by atoms with Gasteiger partial charge in [-0.3, -0.25) is 9.58 Å². The average molecular weight is 254 g/mol. The van der Waals surface area contributed by atoms with Crippen molar-refractivity contribution in [2.24, 2.45) is 0 Å². The summed E-state index contributed by atoms with van der Waals surface area (Å²) in [5.74, 6) is 0.591. The highest BCUT2D eigenvalue weighted by Crippen LogP contribution is 2.05. The molecule has 18 heavy (non-hydrogen) atoms. The number of nitrogen functional groups attached to an aromatic ring is 1. The number of methoxy groups -OCH3 is 1. The molecular weight excluding hydrogens is 228 g/mol. The lowest BCUT2D eigenvalue weighted by Crippen LogP contribution is -2.36. The van der Waals surface area contributed by atoms with Crippen molar-refractivity contribution in [1.82, 2.24) is 14.7 Å². The molecule has 104 valence electrons. The number of rotatable bonds is 9. The van der Waals surface area contributed by atoms with Crippen LogP contribution in [0, 0.1) is 0 Å². The van der Waals surface area contributed by atoms with Gasteiger partial charge in [-0.15, -0.1) is 0 Å². The molecule has 0 spiro atoms. The molecule has 1 aromatic heterocycles. The standard InChI is InChI=1S/C13H26N4O/c1-4-12(2)16(10-11-18-3)7-5-8-17-9-6-13(14)15-17/h6,9,12H,4-5,7-8,10-11H2,1-3H3,(H2,14,15). The highest BCUT2D eigenvalue weighted by atomic mass is 16.5. The molecule has 0 amide bonds. The quantitative estimate of drug-likeness (QED) is 0.727. The fraction of sp³-hybridized carbons (Fsp3) is 0.769. The van der Waals surface area contributed by atoms with Crippen molar-refractivity contribution in [1.29, 1.82) is 0 Å². The molecule has 1 heterocycles. The molecule has 2 N–H and O–H groups in total. The monoisotopic (exact) mass is 254 g/mol. The molecule has 1 unspecified atom stereocenters. The number of hydrogen-bond acceptors (Lipinski definition) is 4. The van der Waals surface area contributed by atoms with Gasteiger partial charge in [-0.05, 0) is 25.8 Å². The number of aryl methyl sites for hydroxylation is 1. The van der Waals surface area contributed by atoms with Crippen molar-refractivity contribution >= 4 is 5.82 Å². The molecule has 0 saturated carbocycles. The zero-order chi connectivity index (χ0) is 13.4. The maximum atomic E-state index is 5.59. The summed E-state index contributed by atoms with van der Waals surface area (Å²) in [4.78, 5) is 2.47. The van der Waals surface area contributed by atoms with E-state index in [1.54, 1.807) is 7.11 Å². The van der Waals surface area contributed by atoms with Gasteiger partial charge < -0.3 is 10.5 Å². The van der Waals surface area contributed by atoms with Crippen LogP contribution in [-0.2, 0) is 11.3 Å². The lowest BCUT2D eigenvalue weighted by molar-refractivity contribution is 0.120. The van der Waals surface area contributed by atoms with Gasteiger partial charge in [0.2, 0.25) is 0 Å². The van der Waals surface area contributed by atoms with Gasteiger partial charge in [-0.2, -0.15) is 5.10 Å². The van der Waals surface area contributed by atoms with Crippen LogP contribution in [0.2, 0.25) is 0 Å². The van der Waals surface area contributed by atoms with Gasteiger partial charge in [0.1, 0.15) is 5.82 Å². The summed E-state index contributed by atoms with van der Waals surface area (Å²) in [5, 5.41) is 4.19. The van der Waals surface area contributed by atoms with Crippen LogP contribution in [0.3, 0.4) is 0 Å². The Morgan fingerprint density at radius 2 is 2.28 bits per heavy atom. The van der Waals surface area contributed by atoms with Gasteiger partial charge in [0, 0.05) is 39.0 Å². The smallest absolute Gasteiger partial charge is 0.145 e. The summed E-state index contributed by atoms with van der Waals surface area (Å²) in [7, 11) is 1.75. The molecule has 0 aliphatic carbocycles. The summed E-state index contributed by atoms with van der Waals surface area (Å²) >= 11 is 0. The van der Waals surface area contributed by atoms with Crippen molar-refractivity contribution in [3.8, 4) is 0 Å². The summed E-state index contributed by atoms with van der Waals surface area (Å²) in [6, 6.07) is 2.43. The van der Waals surface area contributed by atoms with E-state index >= 15 is 0 Å². The van der Waals surface area contributed by atoms with Crippen LogP contribution in [0.25, 0.3) is 0 Å². The molecule has 0 radical (unpaired) electrons. The Hall–Kier alpha value is -1.07. The fourth-order valence-corrected chi connectivity index (χ4v) is 1.96. The molecule has 5 nitrogen and oxygen atoms in total. The second-order valence-corrected chi connectivity index (χ2v) is 4.64. The van der Waals surface area contributed by atoms with Gasteiger partial charge in [0.05, 0.1) is 6.61 Å². The maximum absolute atomic E-state index is 5.59. The number of anilines is 1. The van der Waals surface area contributed by atoms with E-state index in [0.717, 1.165) is 32.7 Å². The lowest BCUT2D eigenvalue weighted by atomic mass is 10.2. The molecule has 5 heteroatoms. The number of aromatic nitrogens is 2. The van der Waals surface area contributed by atoms with Crippen molar-refractivity contribution in [3.63, 3.8) is 0 Å². The van der Waals surface area contributed by atoms with E-state index in [1.165, 1.54) is 6.42 Å². The van der Waals surface area contributed by atoms with Crippen molar-refractivity contribution in [3.05, 3.63) is 12.3 Å². The molecule has 1 atom stereocenters. The van der Waals surface area contributed by atoms with Crippen LogP contribution in [-0.4, -0.2) is 47.5 Å². The van der Waals surface area contributed by atoms with Gasteiger partial charge in [-0.25, -0.2) is 0 Å². The molecule has 0 bridgehead atoms. The van der Waals surface area contributed by atoms with Gasteiger partial charge in [-0.1, -0.05) is 6.92 Å². The summed E-state index contributed by atoms with van der Waals surface area (Å²) in [5.41, 5.74) is 5.59. The van der Waals surface area contributed by atoms with Gasteiger partial charge in [0.25, 0.3) is 0 Å². The van der Waals surface area contributed by atoms with Crippen molar-refractivity contribution in [2.45, 2.75) is 39.3 Å². The van der Waals surface area contributed by atoms with Crippen LogP contribution in [0.15, 0.2) is 12.3 Å². The maximum Gasteiger partial charge on any atom is 0.145 e. The van der Waals surface area contributed by atoms with E-state index in [2.05, 4.69) is 23.8 Å². The lowest BCUT2D eigenvalue weighted by Gasteiger charge is -2.28. The largest absolute Gasteiger partial charge is 0.383 e. The second-order valence-electron chi connectivity index (χ2n) is 4.64. The van der Waals surface area contributed by atoms with E-state index < -0.39 is 0 Å². The topological polar surface area (TPSA) is 56.3 Å². The molecule has 0 saturated heterocycles. The van der Waals surface area contributed by atoms with Crippen LogP contribution in [0.5, 0.6) is 0 Å². The summed E-state index contributed by atoms with van der Waals surface area (Å²) in [6.07, 6.45) is 4.17. The fourth-order valence-electron chi connectivity index (χ4n) is 1.96. The zero-order valence-corrected chi connectivity index (χ0v) is 11.8. The van der Waals surface area contributed by atoms with Gasteiger partial charge in [0.15, 0.2) is 0 Å². The van der Waals surface area contributed by atoms with Crippen LogP contribution >= 0.6 is 0 Å². The Labute approximate surface area is 110 Å². The third-order valence-corrected chi connectivity index (χ3v) is 3.29. The highest BCUT2D eigenvalue weighted by Gasteiger charge is 2.11. The van der Waals surface area contributed by atoms with Gasteiger partial charge >= 0.3 is 0 Å². The Morgan fingerprint density at radius 3 is 2.83 bits per heavy atom. The van der Waals surface area contributed by atoms with E-state index in [1.807, 2.05) is 16.9 Å². The number of hydrogen-bond donors (Lipinski definition) is 1. The SMILES string of the molecule is CCC(C)N(CCCn1ccc(N)n1)CCOC. The van der Waals surface area contributed by atoms with Crippen LogP contribution in [0.1, 0.15) is 26.7 Å². The Bertz CT molecular complexity index is 327. The first-order chi connectivity index (χ1) is 8.67. The van der Waals surface area contributed by atoms with Crippen molar-refractivity contribution in [2.75, 3.05) is 32.5 Å². The molecular formula is C13H26N4O. The molecule has 1 rings (SSSR count). The highest BCUT2D eigenvalue weighted by molar-refractivity contribution is 5.23.